The molecule has 1 aliphatic heterocycles. The molecule has 0 aromatic heterocycles. The Morgan fingerprint density at radius 2 is 1.95 bits per heavy atom. The van der Waals surface area contributed by atoms with Crippen molar-refractivity contribution in [2.24, 2.45) is 5.92 Å². The summed E-state index contributed by atoms with van der Waals surface area (Å²) >= 11 is 0. The van der Waals surface area contributed by atoms with Crippen molar-refractivity contribution in [3.8, 4) is 0 Å². The molecule has 0 amide bonds. The van der Waals surface area contributed by atoms with Crippen molar-refractivity contribution in [1.29, 1.82) is 0 Å². The van der Waals surface area contributed by atoms with Crippen molar-refractivity contribution in [1.82, 2.24) is 0 Å². The predicted molar refractivity (Wildman–Crippen MR) is 77.8 cm³/mol. The molecule has 1 aromatic carbocycles. The Morgan fingerprint density at radius 3 is 2.76 bits per heavy atom. The van der Waals surface area contributed by atoms with Gasteiger partial charge in [0.15, 0.2) is 6.29 Å². The van der Waals surface area contributed by atoms with E-state index in [0.717, 1.165) is 30.3 Å². The maximum absolute atomic E-state index is 11.1. The fourth-order valence-electron chi connectivity index (χ4n) is 3.22. The zero-order valence-corrected chi connectivity index (χ0v) is 12.2. The van der Waals surface area contributed by atoms with Gasteiger partial charge in [-0.2, -0.15) is 0 Å². The van der Waals surface area contributed by atoms with Gasteiger partial charge in [-0.25, -0.2) is 9.78 Å². The minimum absolute atomic E-state index is 0.0493. The molecule has 1 aliphatic carbocycles. The number of benzene rings is 1. The molecule has 0 spiro atoms. The summed E-state index contributed by atoms with van der Waals surface area (Å²) in [5.74, 6) is 0.433. The minimum atomic E-state index is -0.257. The molecule has 0 radical (unpaired) electrons. The Balaban J connectivity index is 1.61. The average Bonchev–Trinajstić information content (AvgIpc) is 2.56. The van der Waals surface area contributed by atoms with Crippen molar-refractivity contribution in [3.63, 3.8) is 0 Å². The molecule has 4 nitrogen and oxygen atoms in total. The summed E-state index contributed by atoms with van der Waals surface area (Å²) in [6.07, 6.45) is 7.35. The normalized spacial score (nSPS) is 27.4. The predicted octanol–water partition coefficient (Wildman–Crippen LogP) is 3.30. The molecule has 1 aromatic rings. The zero-order chi connectivity index (χ0) is 14.5. The SMILES string of the molecule is O=Cc1ccccc1CC1COOC(C2CCCCC2)O1. The van der Waals surface area contributed by atoms with Crippen molar-refractivity contribution in [3.05, 3.63) is 35.4 Å². The summed E-state index contributed by atoms with van der Waals surface area (Å²) in [6.45, 7) is 0.413. The van der Waals surface area contributed by atoms with Crippen LogP contribution in [0.1, 0.15) is 48.0 Å². The topological polar surface area (TPSA) is 44.8 Å². The summed E-state index contributed by atoms with van der Waals surface area (Å²) in [4.78, 5) is 21.7. The molecule has 2 aliphatic rings. The Kier molecular flexibility index (Phi) is 5.01. The van der Waals surface area contributed by atoms with Crippen LogP contribution in [-0.4, -0.2) is 25.3 Å². The third kappa shape index (κ3) is 3.70. The van der Waals surface area contributed by atoms with Crippen LogP contribution in [0.5, 0.6) is 0 Å². The maximum Gasteiger partial charge on any atom is 0.194 e. The second-order valence-corrected chi connectivity index (χ2v) is 5.93. The van der Waals surface area contributed by atoms with E-state index in [2.05, 4.69) is 0 Å². The average molecular weight is 290 g/mol. The van der Waals surface area contributed by atoms with Crippen LogP contribution in [0.15, 0.2) is 24.3 Å². The molecule has 114 valence electrons. The van der Waals surface area contributed by atoms with Crippen LogP contribution in [-0.2, 0) is 20.9 Å². The summed E-state index contributed by atoms with van der Waals surface area (Å²) in [5.41, 5.74) is 1.73. The highest BCUT2D eigenvalue weighted by Crippen LogP contribution is 2.31. The van der Waals surface area contributed by atoms with E-state index in [4.69, 9.17) is 14.5 Å². The van der Waals surface area contributed by atoms with Gasteiger partial charge in [-0.05, 0) is 18.4 Å². The number of hydrogen-bond donors (Lipinski definition) is 0. The standard InChI is InChI=1S/C17H22O4/c18-11-15-9-5-4-8-14(15)10-16-12-19-21-17(20-16)13-6-2-1-3-7-13/h4-5,8-9,11,13,16-17H,1-3,6-7,10,12H2. The number of carbonyl (C=O) groups excluding carboxylic acids is 1. The Morgan fingerprint density at radius 1 is 1.14 bits per heavy atom. The fraction of sp³-hybridized carbons (Fsp3) is 0.588. The van der Waals surface area contributed by atoms with Gasteiger partial charge in [-0.15, -0.1) is 0 Å². The van der Waals surface area contributed by atoms with Gasteiger partial charge in [0.1, 0.15) is 12.9 Å². The summed E-state index contributed by atoms with van der Waals surface area (Å²) in [6, 6.07) is 7.62. The lowest BCUT2D eigenvalue weighted by molar-refractivity contribution is -0.443. The summed E-state index contributed by atoms with van der Waals surface area (Å²) < 4.78 is 6.07. The van der Waals surface area contributed by atoms with Crippen LogP contribution in [0.25, 0.3) is 0 Å². The van der Waals surface area contributed by atoms with Crippen LogP contribution in [0.4, 0.5) is 0 Å². The van der Waals surface area contributed by atoms with Crippen LogP contribution in [0, 0.1) is 5.92 Å². The molecule has 21 heavy (non-hydrogen) atoms. The Hall–Kier alpha value is -1.23. The first-order valence-corrected chi connectivity index (χ1v) is 7.83. The van der Waals surface area contributed by atoms with Crippen LogP contribution < -0.4 is 0 Å². The van der Waals surface area contributed by atoms with E-state index in [1.165, 1.54) is 19.3 Å². The van der Waals surface area contributed by atoms with Crippen molar-refractivity contribution in [2.75, 3.05) is 6.61 Å². The van der Waals surface area contributed by atoms with E-state index >= 15 is 0 Å². The molecule has 2 atom stereocenters. The van der Waals surface area contributed by atoms with E-state index < -0.39 is 0 Å². The molecule has 2 unspecified atom stereocenters. The maximum atomic E-state index is 11.1. The van der Waals surface area contributed by atoms with Gasteiger partial charge in [0, 0.05) is 17.9 Å². The number of ether oxygens (including phenoxy) is 1. The molecule has 0 N–H and O–H groups in total. The van der Waals surface area contributed by atoms with Gasteiger partial charge in [0.25, 0.3) is 0 Å². The summed E-state index contributed by atoms with van der Waals surface area (Å²) in [7, 11) is 0. The molecule has 1 saturated heterocycles. The lowest BCUT2D eigenvalue weighted by Gasteiger charge is -2.35. The van der Waals surface area contributed by atoms with E-state index in [1.54, 1.807) is 0 Å². The van der Waals surface area contributed by atoms with Gasteiger partial charge in [-0.3, -0.25) is 4.79 Å². The van der Waals surface area contributed by atoms with Crippen LogP contribution >= 0.6 is 0 Å². The molecule has 1 heterocycles. The largest absolute Gasteiger partial charge is 0.343 e. The smallest absolute Gasteiger partial charge is 0.194 e. The van der Waals surface area contributed by atoms with Gasteiger partial charge in [0.05, 0.1) is 6.10 Å². The van der Waals surface area contributed by atoms with E-state index in [1.807, 2.05) is 24.3 Å². The summed E-state index contributed by atoms with van der Waals surface area (Å²) in [5, 5.41) is 0. The first kappa shape index (κ1) is 14.7. The third-order valence-corrected chi connectivity index (χ3v) is 4.41. The van der Waals surface area contributed by atoms with Gasteiger partial charge >= 0.3 is 0 Å². The number of carbonyl (C=O) groups is 1. The number of aldehydes is 1. The van der Waals surface area contributed by atoms with Crippen molar-refractivity contribution in [2.45, 2.75) is 50.9 Å². The van der Waals surface area contributed by atoms with Gasteiger partial charge < -0.3 is 4.74 Å². The molecule has 3 rings (SSSR count). The lowest BCUT2D eigenvalue weighted by Crippen LogP contribution is -2.40. The Labute approximate surface area is 125 Å². The first-order chi connectivity index (χ1) is 10.4. The number of rotatable bonds is 4. The van der Waals surface area contributed by atoms with E-state index in [9.17, 15) is 4.79 Å². The second-order valence-electron chi connectivity index (χ2n) is 5.93. The zero-order valence-electron chi connectivity index (χ0n) is 12.2. The molecule has 1 saturated carbocycles. The highest BCUT2D eigenvalue weighted by Gasteiger charge is 2.32. The Bertz CT molecular complexity index is 468. The van der Waals surface area contributed by atoms with Crippen LogP contribution in [0.3, 0.4) is 0 Å². The molecular formula is C17H22O4. The minimum Gasteiger partial charge on any atom is -0.343 e. The molecule has 2 fully saturated rings. The first-order valence-electron chi connectivity index (χ1n) is 7.83. The van der Waals surface area contributed by atoms with E-state index in [0.29, 0.717) is 18.9 Å². The van der Waals surface area contributed by atoms with Crippen molar-refractivity contribution >= 4 is 6.29 Å². The monoisotopic (exact) mass is 290 g/mol. The molecular weight excluding hydrogens is 268 g/mol. The fourth-order valence-corrected chi connectivity index (χ4v) is 3.22. The quantitative estimate of drug-likeness (QED) is 0.630. The van der Waals surface area contributed by atoms with Gasteiger partial charge in [-0.1, -0.05) is 43.5 Å². The lowest BCUT2D eigenvalue weighted by atomic mass is 9.88. The number of hydrogen-bond acceptors (Lipinski definition) is 4. The van der Waals surface area contributed by atoms with Gasteiger partial charge in [0.2, 0.25) is 0 Å². The van der Waals surface area contributed by atoms with Crippen LogP contribution in [0.2, 0.25) is 0 Å². The molecule has 0 bridgehead atoms. The highest BCUT2D eigenvalue weighted by atomic mass is 17.2. The van der Waals surface area contributed by atoms with E-state index in [-0.39, 0.29) is 12.4 Å². The third-order valence-electron chi connectivity index (χ3n) is 4.41. The van der Waals surface area contributed by atoms with Crippen molar-refractivity contribution < 1.29 is 19.3 Å². The molecule has 4 heteroatoms. The second kappa shape index (κ2) is 7.16. The highest BCUT2D eigenvalue weighted by molar-refractivity contribution is 5.77.